The maximum absolute atomic E-state index is 6.08. The first-order valence-electron chi connectivity index (χ1n) is 8.19. The van der Waals surface area contributed by atoms with E-state index in [4.69, 9.17) is 16.3 Å². The molecule has 1 saturated heterocycles. The van der Waals surface area contributed by atoms with Gasteiger partial charge in [0, 0.05) is 52.8 Å². The van der Waals surface area contributed by atoms with E-state index in [-0.39, 0.29) is 6.04 Å². The van der Waals surface area contributed by atoms with Gasteiger partial charge in [0.15, 0.2) is 0 Å². The lowest BCUT2D eigenvalue weighted by molar-refractivity contribution is -0.00980. The fourth-order valence-electron chi connectivity index (χ4n) is 3.26. The topological polar surface area (TPSA) is 30.3 Å². The number of fused-ring (bicyclic) bond motifs is 1. The molecular formula is C18H20ClN3OS. The summed E-state index contributed by atoms with van der Waals surface area (Å²) in [7, 11) is 0. The Morgan fingerprint density at radius 1 is 1.33 bits per heavy atom. The Kier molecular flexibility index (Phi) is 4.59. The lowest BCUT2D eigenvalue weighted by atomic mass is 10.2. The summed E-state index contributed by atoms with van der Waals surface area (Å²) < 4.78 is 8.00. The molecule has 0 aliphatic carbocycles. The van der Waals surface area contributed by atoms with Gasteiger partial charge in [-0.25, -0.2) is 4.98 Å². The Morgan fingerprint density at radius 2 is 2.25 bits per heavy atom. The van der Waals surface area contributed by atoms with Crippen LogP contribution in [0, 0.1) is 6.92 Å². The van der Waals surface area contributed by atoms with E-state index in [9.17, 15) is 0 Å². The van der Waals surface area contributed by atoms with Crippen molar-refractivity contribution in [3.63, 3.8) is 0 Å². The molecule has 4 nitrogen and oxygen atoms in total. The van der Waals surface area contributed by atoms with Gasteiger partial charge in [-0.15, -0.1) is 11.3 Å². The van der Waals surface area contributed by atoms with E-state index in [0.717, 1.165) is 48.6 Å². The third kappa shape index (κ3) is 3.22. The average Bonchev–Trinajstić information content (AvgIpc) is 3.19. The number of benzene rings is 1. The van der Waals surface area contributed by atoms with Crippen LogP contribution in [-0.4, -0.2) is 40.8 Å². The maximum Gasteiger partial charge on any atom is 0.112 e. The van der Waals surface area contributed by atoms with Crippen LogP contribution in [0.3, 0.4) is 0 Å². The van der Waals surface area contributed by atoms with Gasteiger partial charge < -0.3 is 9.30 Å². The SMILES string of the molecule is Cc1csc(C2COCCN2CCn2ccc3cc(Cl)ccc32)n1. The molecule has 3 aromatic rings. The molecule has 1 fully saturated rings. The van der Waals surface area contributed by atoms with Crippen LogP contribution < -0.4 is 0 Å². The van der Waals surface area contributed by atoms with Gasteiger partial charge in [0.25, 0.3) is 0 Å². The molecule has 0 radical (unpaired) electrons. The molecule has 1 unspecified atom stereocenters. The van der Waals surface area contributed by atoms with Gasteiger partial charge in [0.1, 0.15) is 5.01 Å². The van der Waals surface area contributed by atoms with E-state index in [2.05, 4.69) is 38.2 Å². The number of hydrogen-bond donors (Lipinski definition) is 0. The molecule has 1 aromatic carbocycles. The van der Waals surface area contributed by atoms with Crippen molar-refractivity contribution in [2.24, 2.45) is 0 Å². The molecule has 0 bridgehead atoms. The van der Waals surface area contributed by atoms with Crippen LogP contribution >= 0.6 is 22.9 Å². The van der Waals surface area contributed by atoms with Crippen molar-refractivity contribution in [1.82, 2.24) is 14.5 Å². The summed E-state index contributed by atoms with van der Waals surface area (Å²) >= 11 is 7.81. The Bertz CT molecular complexity index is 844. The van der Waals surface area contributed by atoms with Gasteiger partial charge in [-0.3, -0.25) is 4.90 Å². The fraction of sp³-hybridized carbons (Fsp3) is 0.389. The summed E-state index contributed by atoms with van der Waals surface area (Å²) in [5, 5.41) is 5.26. The van der Waals surface area contributed by atoms with Crippen molar-refractivity contribution in [2.45, 2.75) is 19.5 Å². The van der Waals surface area contributed by atoms with Crippen molar-refractivity contribution in [2.75, 3.05) is 26.3 Å². The second-order valence-corrected chi connectivity index (χ2v) is 7.49. The molecule has 1 aliphatic heterocycles. The van der Waals surface area contributed by atoms with Crippen molar-refractivity contribution in [1.29, 1.82) is 0 Å². The van der Waals surface area contributed by atoms with Crippen LogP contribution in [0.1, 0.15) is 16.7 Å². The fourth-order valence-corrected chi connectivity index (χ4v) is 4.36. The molecule has 6 heteroatoms. The van der Waals surface area contributed by atoms with Gasteiger partial charge >= 0.3 is 0 Å². The Labute approximate surface area is 150 Å². The number of hydrogen-bond acceptors (Lipinski definition) is 4. The number of nitrogens with zero attached hydrogens (tertiary/aromatic N) is 3. The average molecular weight is 362 g/mol. The minimum absolute atomic E-state index is 0.272. The second-order valence-electron chi connectivity index (χ2n) is 6.17. The molecule has 0 saturated carbocycles. The Morgan fingerprint density at radius 3 is 3.08 bits per heavy atom. The Hall–Kier alpha value is -1.40. The first-order valence-corrected chi connectivity index (χ1v) is 9.45. The largest absolute Gasteiger partial charge is 0.378 e. The van der Waals surface area contributed by atoms with Crippen LogP contribution in [0.4, 0.5) is 0 Å². The highest BCUT2D eigenvalue weighted by Crippen LogP contribution is 2.27. The Balaban J connectivity index is 1.50. The maximum atomic E-state index is 6.08. The highest BCUT2D eigenvalue weighted by atomic mass is 35.5. The van der Waals surface area contributed by atoms with Crippen LogP contribution in [0.2, 0.25) is 5.02 Å². The van der Waals surface area contributed by atoms with E-state index in [1.165, 1.54) is 10.9 Å². The predicted octanol–water partition coefficient (Wildman–Crippen LogP) is 4.13. The molecule has 1 aliphatic rings. The van der Waals surface area contributed by atoms with E-state index in [1.807, 2.05) is 19.1 Å². The van der Waals surface area contributed by atoms with Gasteiger partial charge in [0.05, 0.1) is 19.3 Å². The molecular weight excluding hydrogens is 342 g/mol. The lowest BCUT2D eigenvalue weighted by Crippen LogP contribution is -2.41. The molecule has 1 atom stereocenters. The standard InChI is InChI=1S/C18H20ClN3OS/c1-13-12-24-18(20-13)17-11-23-9-8-22(17)7-6-21-5-4-14-10-15(19)2-3-16(14)21/h2-5,10,12,17H,6-9,11H2,1H3. The molecule has 126 valence electrons. The van der Waals surface area contributed by atoms with Gasteiger partial charge in [0.2, 0.25) is 0 Å². The number of aromatic nitrogens is 2. The van der Waals surface area contributed by atoms with Crippen molar-refractivity contribution in [3.05, 3.63) is 51.6 Å². The molecule has 24 heavy (non-hydrogen) atoms. The van der Waals surface area contributed by atoms with Crippen molar-refractivity contribution < 1.29 is 4.74 Å². The number of aryl methyl sites for hydroxylation is 1. The number of thiazole rings is 1. The minimum Gasteiger partial charge on any atom is -0.378 e. The normalized spacial score (nSPS) is 19.2. The van der Waals surface area contributed by atoms with Crippen molar-refractivity contribution in [3.8, 4) is 0 Å². The molecule has 0 amide bonds. The number of morpholine rings is 1. The second kappa shape index (κ2) is 6.84. The molecule has 0 N–H and O–H groups in total. The van der Waals surface area contributed by atoms with E-state index in [0.29, 0.717) is 0 Å². The highest BCUT2D eigenvalue weighted by Gasteiger charge is 2.26. The van der Waals surface area contributed by atoms with Gasteiger partial charge in [-0.2, -0.15) is 0 Å². The minimum atomic E-state index is 0.272. The molecule has 0 spiro atoms. The number of ether oxygens (including phenoxy) is 1. The van der Waals surface area contributed by atoms with Gasteiger partial charge in [-0.05, 0) is 31.2 Å². The summed E-state index contributed by atoms with van der Waals surface area (Å²) in [4.78, 5) is 7.15. The number of rotatable bonds is 4. The van der Waals surface area contributed by atoms with E-state index < -0.39 is 0 Å². The summed E-state index contributed by atoms with van der Waals surface area (Å²) in [6, 6.07) is 8.47. The third-order valence-electron chi connectivity index (χ3n) is 4.52. The molecule has 4 rings (SSSR count). The molecule has 3 heterocycles. The van der Waals surface area contributed by atoms with Gasteiger partial charge in [-0.1, -0.05) is 11.6 Å². The van der Waals surface area contributed by atoms with Crippen LogP contribution in [0.15, 0.2) is 35.8 Å². The summed E-state index contributed by atoms with van der Waals surface area (Å²) in [5.41, 5.74) is 2.32. The zero-order valence-electron chi connectivity index (χ0n) is 13.6. The van der Waals surface area contributed by atoms with E-state index >= 15 is 0 Å². The van der Waals surface area contributed by atoms with Crippen LogP contribution in [-0.2, 0) is 11.3 Å². The first-order chi connectivity index (χ1) is 11.7. The quantitative estimate of drug-likeness (QED) is 0.699. The first kappa shape index (κ1) is 16.1. The summed E-state index contributed by atoms with van der Waals surface area (Å²) in [5.74, 6) is 0. The summed E-state index contributed by atoms with van der Waals surface area (Å²) in [6.45, 7) is 6.46. The number of halogens is 1. The zero-order chi connectivity index (χ0) is 16.5. The lowest BCUT2D eigenvalue weighted by Gasteiger charge is -2.34. The monoisotopic (exact) mass is 361 g/mol. The zero-order valence-corrected chi connectivity index (χ0v) is 15.2. The third-order valence-corrected chi connectivity index (χ3v) is 5.82. The predicted molar refractivity (Wildman–Crippen MR) is 98.9 cm³/mol. The van der Waals surface area contributed by atoms with Crippen LogP contribution in [0.5, 0.6) is 0 Å². The molecule has 2 aromatic heterocycles. The highest BCUT2D eigenvalue weighted by molar-refractivity contribution is 7.09. The summed E-state index contributed by atoms with van der Waals surface area (Å²) in [6.07, 6.45) is 2.14. The van der Waals surface area contributed by atoms with Crippen molar-refractivity contribution >= 4 is 33.8 Å². The van der Waals surface area contributed by atoms with E-state index in [1.54, 1.807) is 11.3 Å². The van der Waals surface area contributed by atoms with Crippen LogP contribution in [0.25, 0.3) is 10.9 Å². The smallest absolute Gasteiger partial charge is 0.112 e.